The lowest BCUT2D eigenvalue weighted by Gasteiger charge is -2.04. The van der Waals surface area contributed by atoms with Gasteiger partial charge in [0, 0.05) is 18.0 Å². The maximum Gasteiger partial charge on any atom is 0.339 e. The number of nitrogens with zero attached hydrogens (tertiary/aromatic N) is 1. The van der Waals surface area contributed by atoms with E-state index in [1.54, 1.807) is 12.1 Å². The van der Waals surface area contributed by atoms with E-state index in [2.05, 4.69) is 9.72 Å². The average Bonchev–Trinajstić information content (AvgIpc) is 2.46. The Balaban J connectivity index is 2.40. The first-order valence-electron chi connectivity index (χ1n) is 5.49. The summed E-state index contributed by atoms with van der Waals surface area (Å²) >= 11 is 0. The number of carbonyl (C=O) groups is 2. The second-order valence-corrected chi connectivity index (χ2v) is 3.80. The number of methoxy groups -OCH3 is 1. The largest absolute Gasteiger partial charge is 0.507 e. The SMILES string of the molecule is COC(=O)c1cncc(C(=O)c2ccccc2O)c1. The fourth-order valence-electron chi connectivity index (χ4n) is 1.61. The first-order chi connectivity index (χ1) is 9.13. The highest BCUT2D eigenvalue weighted by Gasteiger charge is 2.15. The average molecular weight is 257 g/mol. The fraction of sp³-hybridized carbons (Fsp3) is 0.0714. The van der Waals surface area contributed by atoms with E-state index < -0.39 is 11.8 Å². The Morgan fingerprint density at radius 1 is 1.16 bits per heavy atom. The predicted molar refractivity (Wildman–Crippen MR) is 67.1 cm³/mol. The summed E-state index contributed by atoms with van der Waals surface area (Å²) in [6, 6.07) is 7.57. The van der Waals surface area contributed by atoms with Crippen LogP contribution in [-0.4, -0.2) is 29.0 Å². The van der Waals surface area contributed by atoms with Gasteiger partial charge in [-0.3, -0.25) is 9.78 Å². The number of phenolic OH excluding ortho intramolecular Hbond substituents is 1. The summed E-state index contributed by atoms with van der Waals surface area (Å²) in [6.45, 7) is 0. The molecule has 1 aromatic carbocycles. The van der Waals surface area contributed by atoms with Gasteiger partial charge in [-0.2, -0.15) is 0 Å². The van der Waals surface area contributed by atoms with E-state index in [1.807, 2.05) is 0 Å². The summed E-state index contributed by atoms with van der Waals surface area (Å²) in [7, 11) is 1.25. The van der Waals surface area contributed by atoms with Crippen molar-refractivity contribution >= 4 is 11.8 Å². The molecule has 5 nitrogen and oxygen atoms in total. The molecular formula is C14H11NO4. The number of hydrogen-bond acceptors (Lipinski definition) is 5. The minimum atomic E-state index is -0.570. The molecule has 0 aliphatic rings. The summed E-state index contributed by atoms with van der Waals surface area (Å²) in [5.41, 5.74) is 0.555. The Kier molecular flexibility index (Phi) is 3.56. The summed E-state index contributed by atoms with van der Waals surface area (Å²) in [5, 5.41) is 9.63. The van der Waals surface area contributed by atoms with Crippen LogP contribution in [0, 0.1) is 0 Å². The van der Waals surface area contributed by atoms with E-state index in [4.69, 9.17) is 0 Å². The van der Waals surface area contributed by atoms with Crippen LogP contribution in [0.15, 0.2) is 42.7 Å². The molecule has 0 atom stereocenters. The van der Waals surface area contributed by atoms with Crippen molar-refractivity contribution in [1.82, 2.24) is 4.98 Å². The van der Waals surface area contributed by atoms with E-state index in [0.717, 1.165) is 0 Å². The van der Waals surface area contributed by atoms with Crippen molar-refractivity contribution in [3.8, 4) is 5.75 Å². The zero-order chi connectivity index (χ0) is 13.8. The first kappa shape index (κ1) is 12.8. The summed E-state index contributed by atoms with van der Waals surface area (Å²) in [6.07, 6.45) is 2.65. The number of para-hydroxylation sites is 1. The molecule has 19 heavy (non-hydrogen) atoms. The molecule has 0 aliphatic heterocycles. The number of carbonyl (C=O) groups excluding carboxylic acids is 2. The molecular weight excluding hydrogens is 246 g/mol. The van der Waals surface area contributed by atoms with Gasteiger partial charge < -0.3 is 9.84 Å². The number of pyridine rings is 1. The number of aromatic nitrogens is 1. The Morgan fingerprint density at radius 2 is 1.84 bits per heavy atom. The topological polar surface area (TPSA) is 76.5 Å². The van der Waals surface area contributed by atoms with E-state index >= 15 is 0 Å². The molecule has 0 aliphatic carbocycles. The van der Waals surface area contributed by atoms with Gasteiger partial charge in [-0.1, -0.05) is 12.1 Å². The van der Waals surface area contributed by atoms with E-state index in [-0.39, 0.29) is 22.4 Å². The molecule has 0 saturated heterocycles. The lowest BCUT2D eigenvalue weighted by atomic mass is 10.0. The van der Waals surface area contributed by atoms with Gasteiger partial charge >= 0.3 is 5.97 Å². The minimum Gasteiger partial charge on any atom is -0.507 e. The Bertz CT molecular complexity index is 637. The van der Waals surface area contributed by atoms with Gasteiger partial charge in [-0.15, -0.1) is 0 Å². The van der Waals surface area contributed by atoms with Crippen molar-refractivity contribution in [3.63, 3.8) is 0 Å². The van der Waals surface area contributed by atoms with Crippen molar-refractivity contribution in [2.45, 2.75) is 0 Å². The van der Waals surface area contributed by atoms with Gasteiger partial charge in [0.1, 0.15) is 5.75 Å². The number of esters is 1. The van der Waals surface area contributed by atoms with Crippen LogP contribution in [0.5, 0.6) is 5.75 Å². The van der Waals surface area contributed by atoms with Gasteiger partial charge in [-0.25, -0.2) is 4.79 Å². The number of benzene rings is 1. The highest BCUT2D eigenvalue weighted by molar-refractivity contribution is 6.11. The van der Waals surface area contributed by atoms with Gasteiger partial charge in [0.05, 0.1) is 18.2 Å². The molecule has 0 spiro atoms. The highest BCUT2D eigenvalue weighted by Crippen LogP contribution is 2.19. The maximum absolute atomic E-state index is 12.2. The molecule has 0 radical (unpaired) electrons. The normalized spacial score (nSPS) is 9.95. The van der Waals surface area contributed by atoms with Crippen LogP contribution >= 0.6 is 0 Å². The second-order valence-electron chi connectivity index (χ2n) is 3.80. The van der Waals surface area contributed by atoms with Crippen LogP contribution in [0.3, 0.4) is 0 Å². The molecule has 1 N–H and O–H groups in total. The minimum absolute atomic E-state index is 0.115. The number of ketones is 1. The third-order valence-corrected chi connectivity index (χ3v) is 2.57. The predicted octanol–water partition coefficient (Wildman–Crippen LogP) is 1.80. The summed E-state index contributed by atoms with van der Waals surface area (Å²) in [4.78, 5) is 27.4. The van der Waals surface area contributed by atoms with E-state index in [0.29, 0.717) is 0 Å². The molecule has 0 unspecified atom stereocenters. The van der Waals surface area contributed by atoms with Crippen LogP contribution in [0.4, 0.5) is 0 Å². The summed E-state index contributed by atoms with van der Waals surface area (Å²) < 4.78 is 4.56. The maximum atomic E-state index is 12.2. The van der Waals surface area contributed by atoms with Crippen LogP contribution in [0.2, 0.25) is 0 Å². The molecule has 2 aromatic rings. The summed E-state index contributed by atoms with van der Waals surface area (Å²) in [5.74, 6) is -1.09. The van der Waals surface area contributed by atoms with Crippen LogP contribution in [-0.2, 0) is 4.74 Å². The van der Waals surface area contributed by atoms with Gasteiger partial charge in [0.25, 0.3) is 0 Å². The van der Waals surface area contributed by atoms with E-state index in [9.17, 15) is 14.7 Å². The third kappa shape index (κ3) is 2.60. The second kappa shape index (κ2) is 5.30. The zero-order valence-electron chi connectivity index (χ0n) is 10.2. The fourth-order valence-corrected chi connectivity index (χ4v) is 1.61. The van der Waals surface area contributed by atoms with Gasteiger partial charge in [0.15, 0.2) is 5.78 Å². The smallest absolute Gasteiger partial charge is 0.339 e. The molecule has 1 heterocycles. The number of phenols is 1. The van der Waals surface area contributed by atoms with Crippen molar-refractivity contribution in [2.24, 2.45) is 0 Å². The molecule has 2 rings (SSSR count). The molecule has 0 fully saturated rings. The molecule has 0 bridgehead atoms. The van der Waals surface area contributed by atoms with Crippen molar-refractivity contribution < 1.29 is 19.4 Å². The lowest BCUT2D eigenvalue weighted by Crippen LogP contribution is -2.07. The quantitative estimate of drug-likeness (QED) is 0.670. The van der Waals surface area contributed by atoms with Crippen LogP contribution in [0.1, 0.15) is 26.3 Å². The molecule has 0 amide bonds. The van der Waals surface area contributed by atoms with E-state index in [1.165, 1.54) is 37.7 Å². The molecule has 96 valence electrons. The zero-order valence-corrected chi connectivity index (χ0v) is 10.2. The van der Waals surface area contributed by atoms with Crippen molar-refractivity contribution in [2.75, 3.05) is 7.11 Å². The molecule has 1 aromatic heterocycles. The standard InChI is InChI=1S/C14H11NO4/c1-19-14(18)10-6-9(7-15-8-10)13(17)11-4-2-3-5-12(11)16/h2-8,16H,1H3. The Labute approximate surface area is 109 Å². The van der Waals surface area contributed by atoms with Gasteiger partial charge in [-0.05, 0) is 18.2 Å². The Morgan fingerprint density at radius 3 is 2.53 bits per heavy atom. The first-order valence-corrected chi connectivity index (χ1v) is 5.49. The van der Waals surface area contributed by atoms with Crippen molar-refractivity contribution in [3.05, 3.63) is 59.4 Å². The van der Waals surface area contributed by atoms with Gasteiger partial charge in [0.2, 0.25) is 0 Å². The Hall–Kier alpha value is -2.69. The number of ether oxygens (including phenoxy) is 1. The number of aromatic hydroxyl groups is 1. The highest BCUT2D eigenvalue weighted by atomic mass is 16.5. The number of rotatable bonds is 3. The lowest BCUT2D eigenvalue weighted by molar-refractivity contribution is 0.0600. The molecule has 0 saturated carbocycles. The van der Waals surface area contributed by atoms with Crippen LogP contribution in [0.25, 0.3) is 0 Å². The third-order valence-electron chi connectivity index (χ3n) is 2.57. The monoisotopic (exact) mass is 257 g/mol. The molecule has 5 heteroatoms. The van der Waals surface area contributed by atoms with Crippen LogP contribution < -0.4 is 0 Å². The number of hydrogen-bond donors (Lipinski definition) is 1. The van der Waals surface area contributed by atoms with Crippen molar-refractivity contribution in [1.29, 1.82) is 0 Å².